The molecule has 0 aromatic heterocycles. The standard InChI is InChI=1S/C8H17N3O3/c1-5(9-12)7(3)11(14)8(4)6(2)10-13/h7-8,12-14H,1-4H3. The maximum atomic E-state index is 9.64. The first-order valence-corrected chi connectivity index (χ1v) is 4.30. The molecule has 0 radical (unpaired) electrons. The van der Waals surface area contributed by atoms with Gasteiger partial charge in [0.2, 0.25) is 0 Å². The number of oxime groups is 2. The van der Waals surface area contributed by atoms with Crippen LogP contribution in [0.3, 0.4) is 0 Å². The molecule has 0 rings (SSSR count). The predicted molar refractivity (Wildman–Crippen MR) is 52.3 cm³/mol. The maximum absolute atomic E-state index is 9.64. The fraction of sp³-hybridized carbons (Fsp3) is 0.750. The molecule has 0 heterocycles. The second kappa shape index (κ2) is 5.56. The summed E-state index contributed by atoms with van der Waals surface area (Å²) in [5.74, 6) is 0. The molecular weight excluding hydrogens is 186 g/mol. The van der Waals surface area contributed by atoms with Gasteiger partial charge in [-0.25, -0.2) is 0 Å². The van der Waals surface area contributed by atoms with Gasteiger partial charge in [0.05, 0.1) is 23.5 Å². The van der Waals surface area contributed by atoms with Crippen molar-refractivity contribution in [2.24, 2.45) is 10.3 Å². The summed E-state index contributed by atoms with van der Waals surface area (Å²) < 4.78 is 0. The third kappa shape index (κ3) is 2.97. The first-order chi connectivity index (χ1) is 6.45. The van der Waals surface area contributed by atoms with Crippen molar-refractivity contribution in [3.63, 3.8) is 0 Å². The Hall–Kier alpha value is -1.14. The molecule has 0 aromatic rings. The minimum Gasteiger partial charge on any atom is -0.411 e. The van der Waals surface area contributed by atoms with Crippen LogP contribution in [-0.4, -0.2) is 44.2 Å². The first kappa shape index (κ1) is 12.9. The van der Waals surface area contributed by atoms with Gasteiger partial charge in [0.25, 0.3) is 0 Å². The molecule has 0 saturated carbocycles. The van der Waals surface area contributed by atoms with Gasteiger partial charge >= 0.3 is 0 Å². The highest BCUT2D eigenvalue weighted by molar-refractivity contribution is 5.89. The van der Waals surface area contributed by atoms with E-state index in [0.29, 0.717) is 11.4 Å². The topological polar surface area (TPSA) is 88.7 Å². The lowest BCUT2D eigenvalue weighted by Gasteiger charge is -2.27. The fourth-order valence-electron chi connectivity index (χ4n) is 0.885. The van der Waals surface area contributed by atoms with E-state index in [-0.39, 0.29) is 0 Å². The summed E-state index contributed by atoms with van der Waals surface area (Å²) in [5, 5.41) is 33.6. The second-order valence-electron chi connectivity index (χ2n) is 3.21. The molecule has 0 aromatic carbocycles. The fourth-order valence-corrected chi connectivity index (χ4v) is 0.885. The highest BCUT2D eigenvalue weighted by Gasteiger charge is 2.22. The molecule has 0 saturated heterocycles. The van der Waals surface area contributed by atoms with Crippen molar-refractivity contribution < 1.29 is 15.6 Å². The van der Waals surface area contributed by atoms with E-state index in [4.69, 9.17) is 10.4 Å². The second-order valence-corrected chi connectivity index (χ2v) is 3.21. The van der Waals surface area contributed by atoms with Gasteiger partial charge in [-0.15, -0.1) is 0 Å². The Labute approximate surface area is 83.1 Å². The highest BCUT2D eigenvalue weighted by atomic mass is 16.5. The molecule has 0 aliphatic rings. The van der Waals surface area contributed by atoms with Crippen LogP contribution in [0.25, 0.3) is 0 Å². The molecule has 2 unspecified atom stereocenters. The van der Waals surface area contributed by atoms with Crippen LogP contribution in [0, 0.1) is 0 Å². The molecule has 6 heteroatoms. The molecule has 2 atom stereocenters. The Morgan fingerprint density at radius 1 is 1.00 bits per heavy atom. The van der Waals surface area contributed by atoms with E-state index < -0.39 is 12.1 Å². The van der Waals surface area contributed by atoms with Crippen LogP contribution in [0.15, 0.2) is 10.3 Å². The van der Waals surface area contributed by atoms with Crippen LogP contribution in [0.5, 0.6) is 0 Å². The van der Waals surface area contributed by atoms with Gasteiger partial charge in [0.1, 0.15) is 0 Å². The van der Waals surface area contributed by atoms with Crippen molar-refractivity contribution in [1.82, 2.24) is 5.06 Å². The van der Waals surface area contributed by atoms with Crippen molar-refractivity contribution in [2.75, 3.05) is 0 Å². The predicted octanol–water partition coefficient (Wildman–Crippen LogP) is 1.15. The number of hydrogen-bond donors (Lipinski definition) is 3. The molecule has 0 fully saturated rings. The Balaban J connectivity index is 4.54. The summed E-state index contributed by atoms with van der Waals surface area (Å²) in [4.78, 5) is 0. The van der Waals surface area contributed by atoms with Crippen LogP contribution in [-0.2, 0) is 0 Å². The van der Waals surface area contributed by atoms with Crippen molar-refractivity contribution in [3.05, 3.63) is 0 Å². The van der Waals surface area contributed by atoms with E-state index in [1.807, 2.05) is 0 Å². The maximum Gasteiger partial charge on any atom is 0.0741 e. The normalized spacial score (nSPS) is 18.4. The van der Waals surface area contributed by atoms with Crippen molar-refractivity contribution in [1.29, 1.82) is 0 Å². The van der Waals surface area contributed by atoms with E-state index in [2.05, 4.69) is 10.3 Å². The average molecular weight is 203 g/mol. The zero-order valence-corrected chi connectivity index (χ0v) is 8.84. The van der Waals surface area contributed by atoms with Crippen LogP contribution in [0.4, 0.5) is 0 Å². The Morgan fingerprint density at radius 3 is 1.50 bits per heavy atom. The van der Waals surface area contributed by atoms with Gasteiger partial charge < -0.3 is 15.6 Å². The van der Waals surface area contributed by atoms with Gasteiger partial charge in [-0.05, 0) is 27.7 Å². The minimum absolute atomic E-state index is 0.380. The molecule has 0 spiro atoms. The summed E-state index contributed by atoms with van der Waals surface area (Å²) in [6.07, 6.45) is 0. The zero-order valence-electron chi connectivity index (χ0n) is 8.84. The van der Waals surface area contributed by atoms with Crippen LogP contribution in [0.1, 0.15) is 27.7 Å². The van der Waals surface area contributed by atoms with E-state index in [1.165, 1.54) is 0 Å². The number of nitrogens with zero attached hydrogens (tertiary/aromatic N) is 3. The lowest BCUT2D eigenvalue weighted by Crippen LogP contribution is -2.44. The molecular formula is C8H17N3O3. The minimum atomic E-state index is -0.438. The van der Waals surface area contributed by atoms with E-state index in [1.54, 1.807) is 27.7 Å². The molecule has 82 valence electrons. The third-order valence-electron chi connectivity index (χ3n) is 2.32. The first-order valence-electron chi connectivity index (χ1n) is 4.30. The smallest absolute Gasteiger partial charge is 0.0741 e. The molecule has 14 heavy (non-hydrogen) atoms. The van der Waals surface area contributed by atoms with Gasteiger partial charge in [0.15, 0.2) is 0 Å². The summed E-state index contributed by atoms with van der Waals surface area (Å²) in [6, 6.07) is -0.876. The lowest BCUT2D eigenvalue weighted by atomic mass is 10.1. The summed E-state index contributed by atoms with van der Waals surface area (Å²) >= 11 is 0. The average Bonchev–Trinajstić information content (AvgIpc) is 2.23. The van der Waals surface area contributed by atoms with Gasteiger partial charge in [-0.3, -0.25) is 0 Å². The van der Waals surface area contributed by atoms with Crippen LogP contribution in [0.2, 0.25) is 0 Å². The molecule has 0 aliphatic heterocycles. The van der Waals surface area contributed by atoms with E-state index >= 15 is 0 Å². The van der Waals surface area contributed by atoms with Gasteiger partial charge in [0, 0.05) is 0 Å². The van der Waals surface area contributed by atoms with E-state index in [9.17, 15) is 5.21 Å². The molecule has 0 bridgehead atoms. The summed E-state index contributed by atoms with van der Waals surface area (Å²) in [5.41, 5.74) is 0.759. The van der Waals surface area contributed by atoms with Crippen molar-refractivity contribution >= 4 is 11.4 Å². The highest BCUT2D eigenvalue weighted by Crippen LogP contribution is 2.05. The lowest BCUT2D eigenvalue weighted by molar-refractivity contribution is -0.116. The quantitative estimate of drug-likeness (QED) is 0.363. The van der Waals surface area contributed by atoms with E-state index in [0.717, 1.165) is 5.06 Å². The van der Waals surface area contributed by atoms with Crippen molar-refractivity contribution in [2.45, 2.75) is 39.8 Å². The van der Waals surface area contributed by atoms with Gasteiger partial charge in [-0.2, -0.15) is 5.06 Å². The van der Waals surface area contributed by atoms with Crippen LogP contribution >= 0.6 is 0 Å². The monoisotopic (exact) mass is 203 g/mol. The third-order valence-corrected chi connectivity index (χ3v) is 2.32. The van der Waals surface area contributed by atoms with Gasteiger partial charge in [-0.1, -0.05) is 10.3 Å². The molecule has 6 nitrogen and oxygen atoms in total. The largest absolute Gasteiger partial charge is 0.411 e. The zero-order chi connectivity index (χ0) is 11.3. The number of hydrogen-bond acceptors (Lipinski definition) is 6. The Morgan fingerprint density at radius 2 is 1.29 bits per heavy atom. The molecule has 0 aliphatic carbocycles. The number of rotatable bonds is 4. The molecule has 0 amide bonds. The summed E-state index contributed by atoms with van der Waals surface area (Å²) in [6.45, 7) is 6.53. The number of hydroxylamine groups is 2. The molecule has 3 N–H and O–H groups in total. The Kier molecular flexibility index (Phi) is 5.11. The Bertz CT molecular complexity index is 216. The summed E-state index contributed by atoms with van der Waals surface area (Å²) in [7, 11) is 0. The SMILES string of the molecule is CC(=NO)C(C)N(O)C(C)C(C)=NO. The van der Waals surface area contributed by atoms with Crippen LogP contribution < -0.4 is 0 Å². The van der Waals surface area contributed by atoms with Crippen molar-refractivity contribution in [3.8, 4) is 0 Å².